The Bertz CT molecular complexity index is 814. The third-order valence-corrected chi connectivity index (χ3v) is 4.12. The highest BCUT2D eigenvalue weighted by molar-refractivity contribution is 5.98. The van der Waals surface area contributed by atoms with Gasteiger partial charge in [0.05, 0.1) is 18.8 Å². The van der Waals surface area contributed by atoms with Gasteiger partial charge in [-0.05, 0) is 38.0 Å². The van der Waals surface area contributed by atoms with Crippen molar-refractivity contribution in [1.82, 2.24) is 20.4 Å². The monoisotopic (exact) mass is 372 g/mol. The molecule has 0 fully saturated rings. The van der Waals surface area contributed by atoms with Gasteiger partial charge in [0.25, 0.3) is 11.8 Å². The number of aliphatic hydroxyl groups is 1. The molecular weight excluding hydrogens is 348 g/mol. The summed E-state index contributed by atoms with van der Waals surface area (Å²) < 4.78 is 6.97. The number of aliphatic hydroxyl groups excluding tert-OH is 1. The molecule has 2 aromatic rings. The number of nitrogens with zero attached hydrogens (tertiary/aromatic N) is 2. The molecular formula is C19H24N4O4. The number of aromatic nitrogens is 2. The summed E-state index contributed by atoms with van der Waals surface area (Å²) in [6, 6.07) is 9.20. The lowest BCUT2D eigenvalue weighted by Crippen LogP contribution is -2.30. The summed E-state index contributed by atoms with van der Waals surface area (Å²) in [5, 5.41) is 19.3. The Kier molecular flexibility index (Phi) is 5.75. The third-order valence-electron chi connectivity index (χ3n) is 4.12. The molecule has 0 saturated carbocycles. The molecule has 3 rings (SSSR count). The van der Waals surface area contributed by atoms with E-state index in [2.05, 4.69) is 15.7 Å². The topological polar surface area (TPSA) is 105 Å². The van der Waals surface area contributed by atoms with Crippen LogP contribution in [0.15, 0.2) is 30.3 Å². The maximum absolute atomic E-state index is 12.3. The van der Waals surface area contributed by atoms with Gasteiger partial charge in [0.15, 0.2) is 5.69 Å². The Balaban J connectivity index is 1.55. The summed E-state index contributed by atoms with van der Waals surface area (Å²) in [4.78, 5) is 24.3. The number of fused-ring (bicyclic) bond motifs is 1. The summed E-state index contributed by atoms with van der Waals surface area (Å²) in [5.74, 6) is 0.122. The fraction of sp³-hybridized carbons (Fsp3) is 0.421. The van der Waals surface area contributed by atoms with Crippen molar-refractivity contribution < 1.29 is 19.4 Å². The van der Waals surface area contributed by atoms with Gasteiger partial charge in [-0.2, -0.15) is 5.10 Å². The highest BCUT2D eigenvalue weighted by Gasteiger charge is 2.24. The molecule has 2 amide bonds. The number of benzene rings is 1. The quantitative estimate of drug-likeness (QED) is 0.694. The molecule has 0 radical (unpaired) electrons. The SMILES string of the molecule is CC(C)Oc1ccc(CCNC(=O)c2cc3n(n2)CC(O)CNC3=O)cc1. The van der Waals surface area contributed by atoms with Crippen molar-refractivity contribution in [3.63, 3.8) is 0 Å². The van der Waals surface area contributed by atoms with E-state index >= 15 is 0 Å². The largest absolute Gasteiger partial charge is 0.491 e. The van der Waals surface area contributed by atoms with Crippen LogP contribution in [0.25, 0.3) is 0 Å². The summed E-state index contributed by atoms with van der Waals surface area (Å²) >= 11 is 0. The van der Waals surface area contributed by atoms with Crippen LogP contribution in [0.5, 0.6) is 5.75 Å². The molecule has 1 aromatic carbocycles. The van der Waals surface area contributed by atoms with E-state index in [0.29, 0.717) is 13.0 Å². The second-order valence-electron chi connectivity index (χ2n) is 6.78. The molecule has 3 N–H and O–H groups in total. The van der Waals surface area contributed by atoms with Crippen molar-refractivity contribution in [2.45, 2.75) is 39.0 Å². The average molecular weight is 372 g/mol. The number of hydrogen-bond acceptors (Lipinski definition) is 5. The van der Waals surface area contributed by atoms with E-state index in [1.807, 2.05) is 38.1 Å². The van der Waals surface area contributed by atoms with Gasteiger partial charge in [0.2, 0.25) is 0 Å². The van der Waals surface area contributed by atoms with Crippen LogP contribution in [0.1, 0.15) is 40.4 Å². The number of rotatable bonds is 6. The van der Waals surface area contributed by atoms with E-state index in [-0.39, 0.29) is 42.4 Å². The van der Waals surface area contributed by atoms with Crippen LogP contribution in [0, 0.1) is 0 Å². The smallest absolute Gasteiger partial charge is 0.271 e. The van der Waals surface area contributed by atoms with Crippen LogP contribution in [0.4, 0.5) is 0 Å². The molecule has 1 aromatic heterocycles. The first-order valence-corrected chi connectivity index (χ1v) is 9.00. The normalized spacial score (nSPS) is 16.4. The zero-order valence-electron chi connectivity index (χ0n) is 15.4. The standard InChI is InChI=1S/C19H24N4O4/c1-12(2)27-15-5-3-13(4-6-15)7-8-20-18(25)16-9-17-19(26)21-10-14(24)11-23(17)22-16/h3-6,9,12,14,24H,7-8,10-11H2,1-2H3,(H,20,25)(H,21,26). The van der Waals surface area contributed by atoms with E-state index in [1.54, 1.807) is 0 Å². The molecule has 1 atom stereocenters. The molecule has 8 nitrogen and oxygen atoms in total. The van der Waals surface area contributed by atoms with E-state index in [4.69, 9.17) is 4.74 Å². The lowest BCUT2D eigenvalue weighted by atomic mass is 10.1. The van der Waals surface area contributed by atoms with Gasteiger partial charge in [-0.15, -0.1) is 0 Å². The van der Waals surface area contributed by atoms with Gasteiger partial charge in [-0.1, -0.05) is 12.1 Å². The molecule has 2 heterocycles. The predicted molar refractivity (Wildman–Crippen MR) is 98.8 cm³/mol. The van der Waals surface area contributed by atoms with Crippen LogP contribution < -0.4 is 15.4 Å². The van der Waals surface area contributed by atoms with E-state index in [1.165, 1.54) is 10.7 Å². The minimum Gasteiger partial charge on any atom is -0.491 e. The molecule has 1 aliphatic rings. The minimum absolute atomic E-state index is 0.128. The molecule has 1 unspecified atom stereocenters. The number of carbonyl (C=O) groups is 2. The van der Waals surface area contributed by atoms with Crippen LogP contribution in [-0.2, 0) is 13.0 Å². The van der Waals surface area contributed by atoms with Gasteiger partial charge in [-0.3, -0.25) is 14.3 Å². The highest BCUT2D eigenvalue weighted by Crippen LogP contribution is 2.14. The van der Waals surface area contributed by atoms with Gasteiger partial charge < -0.3 is 20.5 Å². The molecule has 1 aliphatic heterocycles. The average Bonchev–Trinajstić information content (AvgIpc) is 2.99. The Morgan fingerprint density at radius 1 is 1.41 bits per heavy atom. The summed E-state index contributed by atoms with van der Waals surface area (Å²) in [5.41, 5.74) is 1.52. The first kappa shape index (κ1) is 18.9. The fourth-order valence-corrected chi connectivity index (χ4v) is 2.83. The highest BCUT2D eigenvalue weighted by atomic mass is 16.5. The van der Waals surface area contributed by atoms with Gasteiger partial charge in [-0.25, -0.2) is 0 Å². The molecule has 27 heavy (non-hydrogen) atoms. The number of β-amino-alcohol motifs (C(OH)–C–C–N with tert-alkyl or cyclic N) is 1. The van der Waals surface area contributed by atoms with Crippen LogP contribution in [0.2, 0.25) is 0 Å². The van der Waals surface area contributed by atoms with E-state index < -0.39 is 6.10 Å². The number of nitrogens with one attached hydrogen (secondary N) is 2. The Labute approximate surface area is 157 Å². The lowest BCUT2D eigenvalue weighted by molar-refractivity contribution is 0.0931. The zero-order valence-corrected chi connectivity index (χ0v) is 15.4. The second-order valence-corrected chi connectivity index (χ2v) is 6.78. The first-order chi connectivity index (χ1) is 12.9. The Morgan fingerprint density at radius 3 is 2.85 bits per heavy atom. The van der Waals surface area contributed by atoms with Crippen LogP contribution in [-0.4, -0.2) is 52.0 Å². The molecule has 0 saturated heterocycles. The molecule has 8 heteroatoms. The maximum atomic E-state index is 12.3. The van der Waals surface area contributed by atoms with Gasteiger partial charge in [0.1, 0.15) is 11.4 Å². The van der Waals surface area contributed by atoms with Gasteiger partial charge >= 0.3 is 0 Å². The lowest BCUT2D eigenvalue weighted by Gasteiger charge is -2.10. The summed E-state index contributed by atoms with van der Waals surface area (Å²) in [7, 11) is 0. The van der Waals surface area contributed by atoms with Crippen molar-refractivity contribution in [2.75, 3.05) is 13.1 Å². The molecule has 0 spiro atoms. The van der Waals surface area contributed by atoms with Gasteiger partial charge in [0, 0.05) is 19.2 Å². The third kappa shape index (κ3) is 4.85. The molecule has 0 bridgehead atoms. The number of hydrogen-bond donors (Lipinski definition) is 3. The van der Waals surface area contributed by atoms with E-state index in [0.717, 1.165) is 11.3 Å². The van der Waals surface area contributed by atoms with Crippen molar-refractivity contribution >= 4 is 11.8 Å². The number of amides is 2. The Morgan fingerprint density at radius 2 is 2.15 bits per heavy atom. The molecule has 0 aliphatic carbocycles. The zero-order chi connectivity index (χ0) is 19.4. The number of carbonyl (C=O) groups excluding carboxylic acids is 2. The van der Waals surface area contributed by atoms with E-state index in [9.17, 15) is 14.7 Å². The fourth-order valence-electron chi connectivity index (χ4n) is 2.83. The maximum Gasteiger partial charge on any atom is 0.271 e. The minimum atomic E-state index is -0.728. The van der Waals surface area contributed by atoms with Crippen molar-refractivity contribution in [1.29, 1.82) is 0 Å². The first-order valence-electron chi connectivity index (χ1n) is 9.00. The van der Waals surface area contributed by atoms with Crippen molar-refractivity contribution in [2.24, 2.45) is 0 Å². The summed E-state index contributed by atoms with van der Waals surface area (Å²) in [6.07, 6.45) is 0.0672. The van der Waals surface area contributed by atoms with Crippen LogP contribution in [0.3, 0.4) is 0 Å². The second kappa shape index (κ2) is 8.22. The molecule has 144 valence electrons. The van der Waals surface area contributed by atoms with Crippen molar-refractivity contribution in [3.05, 3.63) is 47.3 Å². The van der Waals surface area contributed by atoms with Crippen LogP contribution >= 0.6 is 0 Å². The summed E-state index contributed by atoms with van der Waals surface area (Å²) in [6.45, 7) is 4.74. The number of ether oxygens (including phenoxy) is 1. The predicted octanol–water partition coefficient (Wildman–Crippen LogP) is 0.747. The Hall–Kier alpha value is -2.87. The van der Waals surface area contributed by atoms with Crippen molar-refractivity contribution in [3.8, 4) is 5.75 Å².